The molecule has 2 aliphatic carbocycles. The summed E-state index contributed by atoms with van der Waals surface area (Å²) < 4.78 is 5.70. The summed E-state index contributed by atoms with van der Waals surface area (Å²) in [7, 11) is 0. The molecule has 2 heterocycles. The van der Waals surface area contributed by atoms with E-state index in [0.717, 1.165) is 17.7 Å². The first-order valence-corrected chi connectivity index (χ1v) is 9.44. The van der Waals surface area contributed by atoms with Crippen LogP contribution in [0.3, 0.4) is 0 Å². The molecule has 2 saturated carbocycles. The van der Waals surface area contributed by atoms with Crippen LogP contribution in [0.5, 0.6) is 0 Å². The zero-order valence-corrected chi connectivity index (χ0v) is 14.5. The van der Waals surface area contributed by atoms with Crippen molar-refractivity contribution in [3.63, 3.8) is 0 Å². The minimum absolute atomic E-state index is 0.0277. The molecule has 5 nitrogen and oxygen atoms in total. The van der Waals surface area contributed by atoms with Crippen LogP contribution in [0.4, 0.5) is 0 Å². The number of aryl methyl sites for hydroxylation is 1. The van der Waals surface area contributed by atoms with E-state index in [4.69, 9.17) is 4.42 Å². The molecular formula is C18H22N2O3S. The third-order valence-electron chi connectivity index (χ3n) is 5.58. The van der Waals surface area contributed by atoms with E-state index in [1.165, 1.54) is 6.42 Å². The van der Waals surface area contributed by atoms with Gasteiger partial charge in [-0.15, -0.1) is 11.3 Å². The maximum absolute atomic E-state index is 12.5. The van der Waals surface area contributed by atoms with Crippen molar-refractivity contribution < 1.29 is 14.3 Å². The summed E-state index contributed by atoms with van der Waals surface area (Å²) in [6, 6.07) is 4.03. The lowest BCUT2D eigenvalue weighted by Crippen LogP contribution is -2.45. The number of oxazole rings is 1. The molecule has 2 fully saturated rings. The average molecular weight is 346 g/mol. The van der Waals surface area contributed by atoms with E-state index < -0.39 is 0 Å². The van der Waals surface area contributed by atoms with Crippen LogP contribution < -0.4 is 5.32 Å². The van der Waals surface area contributed by atoms with Crippen molar-refractivity contribution in [2.24, 2.45) is 17.8 Å². The number of carbonyl (C=O) groups is 1. The first kappa shape index (κ1) is 15.8. The average Bonchev–Trinajstić information content (AvgIpc) is 3.31. The van der Waals surface area contributed by atoms with Crippen LogP contribution in [0.1, 0.15) is 30.7 Å². The van der Waals surface area contributed by atoms with Gasteiger partial charge in [0.25, 0.3) is 0 Å². The van der Waals surface area contributed by atoms with Gasteiger partial charge in [-0.05, 0) is 49.5 Å². The van der Waals surface area contributed by atoms with Gasteiger partial charge in [0.2, 0.25) is 11.8 Å². The number of aromatic nitrogens is 1. The molecule has 0 radical (unpaired) electrons. The fraction of sp³-hybridized carbons (Fsp3) is 0.556. The number of carbonyl (C=O) groups excluding carboxylic acids is 1. The van der Waals surface area contributed by atoms with Gasteiger partial charge in [-0.1, -0.05) is 6.07 Å². The molecule has 4 rings (SSSR count). The summed E-state index contributed by atoms with van der Waals surface area (Å²) >= 11 is 1.57. The molecule has 4 atom stereocenters. The monoisotopic (exact) mass is 346 g/mol. The van der Waals surface area contributed by atoms with E-state index in [1.807, 2.05) is 24.4 Å². The summed E-state index contributed by atoms with van der Waals surface area (Å²) in [5.74, 6) is 2.56. The van der Waals surface area contributed by atoms with Gasteiger partial charge in [0.1, 0.15) is 5.76 Å². The molecule has 0 aromatic carbocycles. The maximum Gasteiger partial charge on any atom is 0.236 e. The number of aliphatic hydroxyl groups excluding tert-OH is 1. The third-order valence-corrected chi connectivity index (χ3v) is 6.44. The molecule has 0 spiro atoms. The van der Waals surface area contributed by atoms with Crippen LogP contribution in [0, 0.1) is 24.7 Å². The molecule has 1 amide bonds. The molecule has 2 bridgehead atoms. The van der Waals surface area contributed by atoms with Crippen molar-refractivity contribution in [2.75, 3.05) is 6.61 Å². The Balaban J connectivity index is 1.43. The Morgan fingerprint density at radius 3 is 3.04 bits per heavy atom. The highest BCUT2D eigenvalue weighted by atomic mass is 32.1. The van der Waals surface area contributed by atoms with E-state index in [2.05, 4.69) is 10.3 Å². The smallest absolute Gasteiger partial charge is 0.236 e. The van der Waals surface area contributed by atoms with E-state index in [9.17, 15) is 9.90 Å². The standard InChI is InChI=1S/C18H22N2O3S/c1-10-14(19-18(23-10)15-3-2-6-24-15)8-16(22)20-17-12-5-4-11(7-12)13(17)9-21/h2-3,6,11-13,17,21H,4-5,7-9H2,1H3,(H,20,22). The summed E-state index contributed by atoms with van der Waals surface area (Å²) in [5, 5.41) is 14.8. The molecule has 0 aliphatic heterocycles. The second-order valence-electron chi connectivity index (χ2n) is 6.95. The first-order chi connectivity index (χ1) is 11.7. The number of amides is 1. The number of hydrogen-bond donors (Lipinski definition) is 2. The summed E-state index contributed by atoms with van der Waals surface area (Å²) in [6.07, 6.45) is 3.72. The van der Waals surface area contributed by atoms with Crippen LogP contribution in [0.15, 0.2) is 21.9 Å². The molecule has 128 valence electrons. The normalized spacial score (nSPS) is 28.4. The van der Waals surface area contributed by atoms with Crippen LogP contribution >= 0.6 is 11.3 Å². The number of fused-ring (bicyclic) bond motifs is 2. The fourth-order valence-electron chi connectivity index (χ4n) is 4.38. The lowest BCUT2D eigenvalue weighted by atomic mass is 9.85. The number of rotatable bonds is 5. The highest BCUT2D eigenvalue weighted by molar-refractivity contribution is 7.13. The van der Waals surface area contributed by atoms with Gasteiger partial charge in [0.15, 0.2) is 0 Å². The fourth-order valence-corrected chi connectivity index (χ4v) is 5.03. The van der Waals surface area contributed by atoms with Crippen LogP contribution in [0.25, 0.3) is 10.8 Å². The highest BCUT2D eigenvalue weighted by Gasteiger charge is 2.47. The minimum atomic E-state index is -0.0277. The Bertz CT molecular complexity index is 725. The predicted molar refractivity (Wildman–Crippen MR) is 91.6 cm³/mol. The maximum atomic E-state index is 12.5. The van der Waals surface area contributed by atoms with Gasteiger partial charge in [-0.3, -0.25) is 4.79 Å². The van der Waals surface area contributed by atoms with Gasteiger partial charge in [-0.2, -0.15) is 0 Å². The number of thiophene rings is 1. The minimum Gasteiger partial charge on any atom is -0.440 e. The van der Waals surface area contributed by atoms with Crippen LogP contribution in [0.2, 0.25) is 0 Å². The van der Waals surface area contributed by atoms with E-state index in [-0.39, 0.29) is 30.9 Å². The van der Waals surface area contributed by atoms with Crippen LogP contribution in [-0.4, -0.2) is 28.6 Å². The van der Waals surface area contributed by atoms with Crippen molar-refractivity contribution in [1.82, 2.24) is 10.3 Å². The molecule has 2 N–H and O–H groups in total. The van der Waals surface area contributed by atoms with Crippen molar-refractivity contribution in [3.05, 3.63) is 29.0 Å². The summed E-state index contributed by atoms with van der Waals surface area (Å²) in [5.41, 5.74) is 0.694. The SMILES string of the molecule is Cc1oc(-c2cccs2)nc1CC(=O)NC1C2CCC(C2)C1CO. The molecule has 2 aliphatic rings. The number of nitrogens with zero attached hydrogens (tertiary/aromatic N) is 1. The molecular weight excluding hydrogens is 324 g/mol. The van der Waals surface area contributed by atoms with Gasteiger partial charge in [-0.25, -0.2) is 4.98 Å². The quantitative estimate of drug-likeness (QED) is 0.873. The predicted octanol–water partition coefficient (Wildman–Crippen LogP) is 2.78. The molecule has 4 unspecified atom stereocenters. The summed E-state index contributed by atoms with van der Waals surface area (Å²) in [6.45, 7) is 2.01. The zero-order chi connectivity index (χ0) is 16.7. The second kappa shape index (κ2) is 6.33. The number of nitrogens with one attached hydrogen (secondary N) is 1. The summed E-state index contributed by atoms with van der Waals surface area (Å²) in [4.78, 5) is 17.9. The van der Waals surface area contributed by atoms with Gasteiger partial charge >= 0.3 is 0 Å². The third kappa shape index (κ3) is 2.78. The topological polar surface area (TPSA) is 75.4 Å². The van der Waals surface area contributed by atoms with Crippen molar-refractivity contribution in [3.8, 4) is 10.8 Å². The van der Waals surface area contributed by atoms with Gasteiger partial charge < -0.3 is 14.8 Å². The van der Waals surface area contributed by atoms with Crippen molar-refractivity contribution >= 4 is 17.2 Å². The van der Waals surface area contributed by atoms with E-state index in [0.29, 0.717) is 29.2 Å². The van der Waals surface area contributed by atoms with Gasteiger partial charge in [0.05, 0.1) is 17.0 Å². The molecule has 6 heteroatoms. The number of hydrogen-bond acceptors (Lipinski definition) is 5. The molecule has 2 aromatic heterocycles. The van der Waals surface area contributed by atoms with E-state index in [1.54, 1.807) is 11.3 Å². The Morgan fingerprint density at radius 2 is 2.29 bits per heavy atom. The van der Waals surface area contributed by atoms with Gasteiger partial charge in [0, 0.05) is 18.6 Å². The van der Waals surface area contributed by atoms with Crippen molar-refractivity contribution in [1.29, 1.82) is 0 Å². The Hall–Kier alpha value is -1.66. The Labute approximate surface area is 145 Å². The first-order valence-electron chi connectivity index (χ1n) is 8.56. The highest BCUT2D eigenvalue weighted by Crippen LogP contribution is 2.48. The zero-order valence-electron chi connectivity index (χ0n) is 13.7. The lowest BCUT2D eigenvalue weighted by molar-refractivity contribution is -0.122. The lowest BCUT2D eigenvalue weighted by Gasteiger charge is -2.30. The van der Waals surface area contributed by atoms with Crippen molar-refractivity contribution in [2.45, 2.75) is 38.6 Å². The second-order valence-corrected chi connectivity index (χ2v) is 7.90. The Morgan fingerprint density at radius 1 is 1.46 bits per heavy atom. The Kier molecular flexibility index (Phi) is 4.18. The molecule has 2 aromatic rings. The molecule has 24 heavy (non-hydrogen) atoms. The van der Waals surface area contributed by atoms with E-state index >= 15 is 0 Å². The largest absolute Gasteiger partial charge is 0.440 e. The number of aliphatic hydroxyl groups is 1. The molecule has 0 saturated heterocycles. The van der Waals surface area contributed by atoms with Crippen LogP contribution in [-0.2, 0) is 11.2 Å².